The van der Waals surface area contributed by atoms with E-state index in [9.17, 15) is 0 Å². The highest BCUT2D eigenvalue weighted by molar-refractivity contribution is 7.20. The zero-order valence-corrected chi connectivity index (χ0v) is 13.3. The molecule has 2 aromatic rings. The van der Waals surface area contributed by atoms with Gasteiger partial charge in [-0.2, -0.15) is 0 Å². The summed E-state index contributed by atoms with van der Waals surface area (Å²) in [5.74, 6) is 0.815. The van der Waals surface area contributed by atoms with Crippen LogP contribution in [-0.2, 0) is 0 Å². The molecule has 1 heterocycles. The number of thiophene rings is 1. The number of ether oxygens (including phenoxy) is 1. The molecule has 1 N–H and O–H groups in total. The standard InChI is InChI=1S/C14H15Cl2NOS/c1-8-4-5-12(18-3)11(6-8)17-9(2)10-7-13(15)19-14(10)16/h4-7,9,17H,1-3H3. The lowest BCUT2D eigenvalue weighted by molar-refractivity contribution is 0.416. The molecule has 1 aromatic carbocycles. The van der Waals surface area contributed by atoms with E-state index in [2.05, 4.69) is 11.4 Å². The van der Waals surface area contributed by atoms with Crippen molar-refractivity contribution in [2.45, 2.75) is 19.9 Å². The fraction of sp³-hybridized carbons (Fsp3) is 0.286. The molecule has 1 atom stereocenters. The highest BCUT2D eigenvalue weighted by atomic mass is 35.5. The zero-order chi connectivity index (χ0) is 14.0. The van der Waals surface area contributed by atoms with Crippen molar-refractivity contribution in [3.63, 3.8) is 0 Å². The lowest BCUT2D eigenvalue weighted by Gasteiger charge is -2.17. The Kier molecular flexibility index (Phi) is 4.61. The second-order valence-electron chi connectivity index (χ2n) is 4.35. The van der Waals surface area contributed by atoms with Crippen molar-refractivity contribution in [3.05, 3.63) is 44.1 Å². The normalized spacial score (nSPS) is 12.3. The molecule has 0 spiro atoms. The smallest absolute Gasteiger partial charge is 0.141 e. The molecule has 0 aliphatic carbocycles. The summed E-state index contributed by atoms with van der Waals surface area (Å²) < 4.78 is 6.77. The molecule has 102 valence electrons. The maximum atomic E-state index is 6.17. The number of benzene rings is 1. The number of halogens is 2. The van der Waals surface area contributed by atoms with E-state index in [0.29, 0.717) is 4.34 Å². The summed E-state index contributed by atoms with van der Waals surface area (Å²) in [6, 6.07) is 7.98. The second-order valence-corrected chi connectivity index (χ2v) is 6.63. The van der Waals surface area contributed by atoms with Crippen molar-refractivity contribution in [2.24, 2.45) is 0 Å². The van der Waals surface area contributed by atoms with Crippen LogP contribution in [0.4, 0.5) is 5.69 Å². The average Bonchev–Trinajstić information content (AvgIpc) is 2.69. The Morgan fingerprint density at radius 2 is 2.00 bits per heavy atom. The van der Waals surface area contributed by atoms with Crippen LogP contribution in [0, 0.1) is 6.92 Å². The first-order valence-electron chi connectivity index (χ1n) is 5.87. The summed E-state index contributed by atoms with van der Waals surface area (Å²) in [5, 5.41) is 3.41. The second kappa shape index (κ2) is 6.04. The Hall–Kier alpha value is -0.900. The number of rotatable bonds is 4. The van der Waals surface area contributed by atoms with Gasteiger partial charge in [0.2, 0.25) is 0 Å². The number of anilines is 1. The van der Waals surface area contributed by atoms with Gasteiger partial charge in [-0.3, -0.25) is 0 Å². The van der Waals surface area contributed by atoms with Gasteiger partial charge in [-0.05, 0) is 37.6 Å². The molecule has 0 aliphatic rings. The van der Waals surface area contributed by atoms with Crippen LogP contribution >= 0.6 is 34.5 Å². The van der Waals surface area contributed by atoms with Crippen LogP contribution in [0.5, 0.6) is 5.75 Å². The molecule has 0 fully saturated rings. The topological polar surface area (TPSA) is 21.3 Å². The minimum absolute atomic E-state index is 0.0620. The SMILES string of the molecule is COc1ccc(C)cc1NC(C)c1cc(Cl)sc1Cl. The van der Waals surface area contributed by atoms with Crippen LogP contribution in [0.2, 0.25) is 8.67 Å². The van der Waals surface area contributed by atoms with Gasteiger partial charge in [-0.1, -0.05) is 29.3 Å². The van der Waals surface area contributed by atoms with E-state index < -0.39 is 0 Å². The summed E-state index contributed by atoms with van der Waals surface area (Å²) in [6.45, 7) is 4.09. The molecule has 1 aromatic heterocycles. The van der Waals surface area contributed by atoms with Crippen molar-refractivity contribution in [2.75, 3.05) is 12.4 Å². The van der Waals surface area contributed by atoms with Gasteiger partial charge in [0.05, 0.1) is 27.5 Å². The first-order chi connectivity index (χ1) is 9.01. The molecular weight excluding hydrogens is 301 g/mol. The molecule has 2 rings (SSSR count). The van der Waals surface area contributed by atoms with E-state index in [-0.39, 0.29) is 6.04 Å². The lowest BCUT2D eigenvalue weighted by atomic mass is 10.1. The van der Waals surface area contributed by atoms with E-state index >= 15 is 0 Å². The molecule has 19 heavy (non-hydrogen) atoms. The molecule has 0 aliphatic heterocycles. The monoisotopic (exact) mass is 315 g/mol. The van der Waals surface area contributed by atoms with Crippen LogP contribution in [0.15, 0.2) is 24.3 Å². The Bertz CT molecular complexity index is 583. The average molecular weight is 316 g/mol. The number of hydrogen-bond acceptors (Lipinski definition) is 3. The third-order valence-corrected chi connectivity index (χ3v) is 4.39. The summed E-state index contributed by atoms with van der Waals surface area (Å²) >= 11 is 13.5. The van der Waals surface area contributed by atoms with E-state index in [1.54, 1.807) is 7.11 Å². The predicted octanol–water partition coefficient (Wildman–Crippen LogP) is 5.55. The number of methoxy groups -OCH3 is 1. The molecular formula is C14H15Cl2NOS. The van der Waals surface area contributed by atoms with Crippen molar-refractivity contribution in [1.82, 2.24) is 0 Å². The Morgan fingerprint density at radius 1 is 1.26 bits per heavy atom. The van der Waals surface area contributed by atoms with Crippen LogP contribution in [0.3, 0.4) is 0 Å². The zero-order valence-electron chi connectivity index (χ0n) is 11.0. The van der Waals surface area contributed by atoms with Gasteiger partial charge in [0, 0.05) is 5.56 Å². The quantitative estimate of drug-likeness (QED) is 0.799. The first-order valence-corrected chi connectivity index (χ1v) is 7.44. The number of hydrogen-bond donors (Lipinski definition) is 1. The Labute approximate surface area is 127 Å². The van der Waals surface area contributed by atoms with Crippen molar-refractivity contribution < 1.29 is 4.74 Å². The Morgan fingerprint density at radius 3 is 2.58 bits per heavy atom. The van der Waals surface area contributed by atoms with Gasteiger partial charge >= 0.3 is 0 Å². The third kappa shape index (κ3) is 3.35. The van der Waals surface area contributed by atoms with E-state index in [1.165, 1.54) is 16.9 Å². The summed E-state index contributed by atoms with van der Waals surface area (Å²) in [6.07, 6.45) is 0. The van der Waals surface area contributed by atoms with Crippen molar-refractivity contribution in [1.29, 1.82) is 0 Å². The lowest BCUT2D eigenvalue weighted by Crippen LogP contribution is -2.07. The van der Waals surface area contributed by atoms with E-state index in [1.807, 2.05) is 32.0 Å². The molecule has 0 saturated heterocycles. The van der Waals surface area contributed by atoms with E-state index in [4.69, 9.17) is 27.9 Å². The van der Waals surface area contributed by atoms with Gasteiger partial charge in [0.1, 0.15) is 5.75 Å². The minimum atomic E-state index is 0.0620. The van der Waals surface area contributed by atoms with Gasteiger partial charge in [-0.15, -0.1) is 11.3 Å². The maximum Gasteiger partial charge on any atom is 0.141 e. The van der Waals surface area contributed by atoms with Crippen LogP contribution in [0.25, 0.3) is 0 Å². The highest BCUT2D eigenvalue weighted by Gasteiger charge is 2.15. The highest BCUT2D eigenvalue weighted by Crippen LogP contribution is 2.37. The number of aryl methyl sites for hydroxylation is 1. The summed E-state index contributed by atoms with van der Waals surface area (Å²) in [4.78, 5) is 0. The molecule has 0 amide bonds. The summed E-state index contributed by atoms with van der Waals surface area (Å²) in [7, 11) is 1.66. The molecule has 0 saturated carbocycles. The van der Waals surface area contributed by atoms with Crippen LogP contribution < -0.4 is 10.1 Å². The molecule has 2 nitrogen and oxygen atoms in total. The van der Waals surface area contributed by atoms with Crippen LogP contribution in [-0.4, -0.2) is 7.11 Å². The molecule has 0 radical (unpaired) electrons. The Balaban J connectivity index is 2.25. The maximum absolute atomic E-state index is 6.17. The fourth-order valence-electron chi connectivity index (χ4n) is 1.89. The number of nitrogens with one attached hydrogen (secondary N) is 1. The van der Waals surface area contributed by atoms with E-state index in [0.717, 1.165) is 21.3 Å². The largest absolute Gasteiger partial charge is 0.495 e. The van der Waals surface area contributed by atoms with Crippen molar-refractivity contribution in [3.8, 4) is 5.75 Å². The fourth-order valence-corrected chi connectivity index (χ4v) is 3.54. The van der Waals surface area contributed by atoms with Crippen LogP contribution in [0.1, 0.15) is 24.1 Å². The summed E-state index contributed by atoms with van der Waals surface area (Å²) in [5.41, 5.74) is 3.12. The third-order valence-electron chi connectivity index (χ3n) is 2.88. The molecule has 1 unspecified atom stereocenters. The molecule has 5 heteroatoms. The van der Waals surface area contributed by atoms with Gasteiger partial charge in [-0.25, -0.2) is 0 Å². The van der Waals surface area contributed by atoms with Crippen molar-refractivity contribution >= 4 is 40.2 Å². The minimum Gasteiger partial charge on any atom is -0.495 e. The van der Waals surface area contributed by atoms with Gasteiger partial charge in [0.25, 0.3) is 0 Å². The molecule has 0 bridgehead atoms. The van der Waals surface area contributed by atoms with Gasteiger partial charge < -0.3 is 10.1 Å². The predicted molar refractivity (Wildman–Crippen MR) is 84.1 cm³/mol. The van der Waals surface area contributed by atoms with Gasteiger partial charge in [0.15, 0.2) is 0 Å². The first kappa shape index (κ1) is 14.5.